The van der Waals surface area contributed by atoms with Gasteiger partial charge in [0, 0.05) is 6.54 Å². The SMILES string of the molecule is CC[Si](CC)(CC)c1cc(Br)nc([C@@]2(C)N=C(NC(=O)O)C(C)(C)S3(O)NCC[C@H]23)c1F. The summed E-state index contributed by atoms with van der Waals surface area (Å²) < 4.78 is 31.0. The maximum absolute atomic E-state index is 16.4. The summed E-state index contributed by atoms with van der Waals surface area (Å²) in [5, 5.41) is 12.1. The number of rotatable bonds is 5. The Hall–Kier alpha value is -1.01. The first-order valence-corrected chi connectivity index (χ1v) is 16.2. The highest BCUT2D eigenvalue weighted by molar-refractivity contribution is 9.10. The van der Waals surface area contributed by atoms with E-state index < -0.39 is 40.2 Å². The van der Waals surface area contributed by atoms with Crippen LogP contribution in [0, 0.1) is 5.82 Å². The average molecular weight is 550 g/mol. The molecule has 0 saturated carbocycles. The van der Waals surface area contributed by atoms with Gasteiger partial charge in [0.2, 0.25) is 0 Å². The third-order valence-electron chi connectivity index (χ3n) is 7.69. The van der Waals surface area contributed by atoms with Crippen molar-refractivity contribution in [3.8, 4) is 0 Å². The molecule has 32 heavy (non-hydrogen) atoms. The third-order valence-corrected chi connectivity index (χ3v) is 17.6. The number of amides is 1. The van der Waals surface area contributed by atoms with Crippen LogP contribution in [0.1, 0.15) is 53.7 Å². The lowest BCUT2D eigenvalue weighted by atomic mass is 9.90. The highest BCUT2D eigenvalue weighted by Crippen LogP contribution is 2.67. The van der Waals surface area contributed by atoms with E-state index in [0.29, 0.717) is 17.6 Å². The van der Waals surface area contributed by atoms with Crippen LogP contribution >= 0.6 is 26.4 Å². The van der Waals surface area contributed by atoms with Crippen molar-refractivity contribution in [1.82, 2.24) is 15.0 Å². The molecule has 3 atom stereocenters. The molecule has 11 heteroatoms. The molecule has 0 radical (unpaired) electrons. The van der Waals surface area contributed by atoms with E-state index in [0.717, 1.165) is 23.3 Å². The molecule has 1 saturated heterocycles. The molecule has 3 rings (SSSR count). The maximum atomic E-state index is 16.4. The van der Waals surface area contributed by atoms with Gasteiger partial charge < -0.3 is 9.66 Å². The van der Waals surface area contributed by atoms with E-state index in [1.807, 2.05) is 6.07 Å². The predicted molar refractivity (Wildman–Crippen MR) is 135 cm³/mol. The quantitative estimate of drug-likeness (QED) is 0.308. The zero-order chi connectivity index (χ0) is 24.1. The van der Waals surface area contributed by atoms with E-state index in [9.17, 15) is 14.5 Å². The van der Waals surface area contributed by atoms with Gasteiger partial charge in [-0.25, -0.2) is 14.2 Å². The van der Waals surface area contributed by atoms with Crippen molar-refractivity contribution in [2.45, 2.75) is 81.6 Å². The van der Waals surface area contributed by atoms with Gasteiger partial charge in [-0.15, -0.1) is 0 Å². The van der Waals surface area contributed by atoms with Crippen LogP contribution in [-0.2, 0) is 5.54 Å². The molecule has 4 N–H and O–H groups in total. The van der Waals surface area contributed by atoms with Crippen molar-refractivity contribution >= 4 is 51.6 Å². The van der Waals surface area contributed by atoms with E-state index in [4.69, 9.17) is 4.99 Å². The second-order valence-corrected chi connectivity index (χ2v) is 18.5. The van der Waals surface area contributed by atoms with Crippen LogP contribution in [0.5, 0.6) is 0 Å². The molecule has 0 aromatic carbocycles. The summed E-state index contributed by atoms with van der Waals surface area (Å²) in [5.74, 6) is -0.233. The number of amidine groups is 1. The number of fused-ring (bicyclic) bond motifs is 1. The zero-order valence-corrected chi connectivity index (χ0v) is 23.0. The number of nitrogens with zero attached hydrogens (tertiary/aromatic N) is 2. The zero-order valence-electron chi connectivity index (χ0n) is 19.6. The van der Waals surface area contributed by atoms with Gasteiger partial charge in [0.15, 0.2) is 0 Å². The minimum Gasteiger partial charge on any atom is -0.465 e. The second kappa shape index (κ2) is 8.64. The van der Waals surface area contributed by atoms with E-state index in [1.54, 1.807) is 20.8 Å². The largest absolute Gasteiger partial charge is 0.465 e. The van der Waals surface area contributed by atoms with Crippen molar-refractivity contribution in [3.63, 3.8) is 0 Å². The van der Waals surface area contributed by atoms with Gasteiger partial charge in [-0.2, -0.15) is 0 Å². The first kappa shape index (κ1) is 25.6. The van der Waals surface area contributed by atoms with Crippen molar-refractivity contribution in [2.24, 2.45) is 4.99 Å². The first-order chi connectivity index (χ1) is 14.8. The van der Waals surface area contributed by atoms with Gasteiger partial charge in [0.1, 0.15) is 27.5 Å². The lowest BCUT2D eigenvalue weighted by molar-refractivity contribution is 0.199. The van der Waals surface area contributed by atoms with Gasteiger partial charge in [-0.1, -0.05) is 49.4 Å². The van der Waals surface area contributed by atoms with Crippen molar-refractivity contribution in [2.75, 3.05) is 6.54 Å². The normalized spacial score (nSPS) is 31.4. The number of carboxylic acid groups (broad SMARTS) is 1. The Morgan fingerprint density at radius 1 is 1.34 bits per heavy atom. The maximum Gasteiger partial charge on any atom is 0.410 e. The predicted octanol–water partition coefficient (Wildman–Crippen LogP) is 4.93. The lowest BCUT2D eigenvalue weighted by Gasteiger charge is -2.56. The molecular formula is C21H34BrFN4O3SSi. The summed E-state index contributed by atoms with van der Waals surface area (Å²) in [6, 6.07) is 4.53. The Balaban J connectivity index is 2.33. The van der Waals surface area contributed by atoms with E-state index in [-0.39, 0.29) is 17.3 Å². The van der Waals surface area contributed by atoms with E-state index >= 15 is 4.39 Å². The van der Waals surface area contributed by atoms with Gasteiger partial charge in [-0.3, -0.25) is 15.0 Å². The van der Waals surface area contributed by atoms with Crippen LogP contribution in [0.25, 0.3) is 0 Å². The summed E-state index contributed by atoms with van der Waals surface area (Å²) in [6.07, 6.45) is -0.674. The topological polar surface area (TPSA) is 107 Å². The second-order valence-electron chi connectivity index (χ2n) is 9.34. The molecule has 0 bridgehead atoms. The average Bonchev–Trinajstić information content (AvgIpc) is 3.14. The molecule has 180 valence electrons. The monoisotopic (exact) mass is 548 g/mol. The Morgan fingerprint density at radius 3 is 2.47 bits per heavy atom. The number of carbonyl (C=O) groups is 1. The summed E-state index contributed by atoms with van der Waals surface area (Å²) in [6.45, 7) is 12.2. The van der Waals surface area contributed by atoms with Crippen LogP contribution in [-0.4, -0.2) is 51.2 Å². The van der Waals surface area contributed by atoms with Crippen LogP contribution in [0.15, 0.2) is 15.7 Å². The lowest BCUT2D eigenvalue weighted by Crippen LogP contribution is -2.60. The number of pyridine rings is 1. The van der Waals surface area contributed by atoms with Gasteiger partial charge in [0.05, 0.1) is 18.1 Å². The number of hydrogen-bond acceptors (Lipinski definition) is 5. The minimum absolute atomic E-state index is 0.128. The standard InChI is InChI=1S/C21H34BrFN4O3SSi/c1-7-32(8-2,9-3)13-12-15(22)25-17(16(13)23)21(6)14-10-11-24-31(14,30)20(4,5)18(27-21)26-19(28)29/h12,14,24,30H,7-11H2,1-6H3,(H,26,27)(H,28,29)/t14-,21+/m1/s1. The number of nitrogens with one attached hydrogen (secondary N) is 2. The van der Waals surface area contributed by atoms with Crippen LogP contribution in [0.2, 0.25) is 18.1 Å². The molecule has 3 heterocycles. The Kier molecular flexibility index (Phi) is 6.92. The number of aromatic nitrogens is 1. The number of aliphatic imine (C=N–C) groups is 1. The molecule has 0 aliphatic carbocycles. The van der Waals surface area contributed by atoms with E-state index in [1.165, 1.54) is 0 Å². The molecule has 1 unspecified atom stereocenters. The summed E-state index contributed by atoms with van der Waals surface area (Å²) >= 11 is 3.50. The summed E-state index contributed by atoms with van der Waals surface area (Å²) in [5.41, 5.74) is -1.05. The van der Waals surface area contributed by atoms with Crippen LogP contribution in [0.4, 0.5) is 9.18 Å². The fraction of sp³-hybridized carbons (Fsp3) is 0.667. The molecule has 1 aromatic rings. The Bertz CT molecular complexity index is 953. The van der Waals surface area contributed by atoms with Crippen molar-refractivity contribution < 1.29 is 18.8 Å². The van der Waals surface area contributed by atoms with Crippen molar-refractivity contribution in [3.05, 3.63) is 22.2 Å². The van der Waals surface area contributed by atoms with Crippen LogP contribution < -0.4 is 15.2 Å². The van der Waals surface area contributed by atoms with Gasteiger partial charge in [0.25, 0.3) is 0 Å². The molecule has 7 nitrogen and oxygen atoms in total. The number of halogens is 2. The fourth-order valence-corrected chi connectivity index (χ4v) is 13.0. The molecular weight excluding hydrogens is 515 g/mol. The molecule has 1 aromatic heterocycles. The fourth-order valence-electron chi connectivity index (χ4n) is 5.38. The van der Waals surface area contributed by atoms with E-state index in [2.05, 4.69) is 51.7 Å². The first-order valence-electron chi connectivity index (χ1n) is 11.1. The number of hydrogen-bond donors (Lipinski definition) is 4. The molecule has 2 aliphatic rings. The molecule has 1 amide bonds. The summed E-state index contributed by atoms with van der Waals surface area (Å²) in [7, 11) is -4.68. The van der Waals surface area contributed by atoms with Gasteiger partial charge in [-0.05, 0) is 54.4 Å². The highest BCUT2D eigenvalue weighted by Gasteiger charge is 2.62. The molecule has 1 fully saturated rings. The van der Waals surface area contributed by atoms with Crippen molar-refractivity contribution in [1.29, 1.82) is 0 Å². The minimum atomic E-state index is -2.59. The van der Waals surface area contributed by atoms with Gasteiger partial charge >= 0.3 is 6.09 Å². The Morgan fingerprint density at radius 2 is 1.94 bits per heavy atom. The molecule has 2 aliphatic heterocycles. The molecule has 0 spiro atoms. The smallest absolute Gasteiger partial charge is 0.410 e. The summed E-state index contributed by atoms with van der Waals surface area (Å²) in [4.78, 5) is 20.9. The third kappa shape index (κ3) is 3.64. The highest BCUT2D eigenvalue weighted by atomic mass is 79.9. The Labute approximate surface area is 200 Å². The van der Waals surface area contributed by atoms with Crippen LogP contribution in [0.3, 0.4) is 0 Å².